The fourth-order valence-electron chi connectivity index (χ4n) is 1.10. The molecular weight excluding hydrogens is 124 g/mol. The van der Waals surface area contributed by atoms with Crippen LogP contribution < -0.4 is 5.73 Å². The lowest BCUT2D eigenvalue weighted by Crippen LogP contribution is -2.47. The molecular formula is C8H20N2. The highest BCUT2D eigenvalue weighted by molar-refractivity contribution is 4.82. The van der Waals surface area contributed by atoms with Crippen molar-refractivity contribution in [3.8, 4) is 0 Å². The second kappa shape index (κ2) is 3.94. The first-order valence-corrected chi connectivity index (χ1v) is 3.97. The molecule has 0 aliphatic rings. The highest BCUT2D eigenvalue weighted by Crippen LogP contribution is 2.11. The van der Waals surface area contributed by atoms with Gasteiger partial charge in [-0.1, -0.05) is 13.8 Å². The van der Waals surface area contributed by atoms with Gasteiger partial charge in [0, 0.05) is 12.1 Å². The van der Waals surface area contributed by atoms with Gasteiger partial charge in [0.1, 0.15) is 0 Å². The highest BCUT2D eigenvalue weighted by atomic mass is 15.1. The Morgan fingerprint density at radius 3 is 1.70 bits per heavy atom. The summed E-state index contributed by atoms with van der Waals surface area (Å²) in [6.07, 6.45) is 2.11. The second-order valence-electron chi connectivity index (χ2n) is 3.31. The third-order valence-corrected chi connectivity index (χ3v) is 2.04. The van der Waals surface area contributed by atoms with E-state index in [1.165, 1.54) is 0 Å². The van der Waals surface area contributed by atoms with Gasteiger partial charge in [-0.2, -0.15) is 0 Å². The van der Waals surface area contributed by atoms with Gasteiger partial charge < -0.3 is 10.6 Å². The molecule has 2 heteroatoms. The molecule has 0 heterocycles. The van der Waals surface area contributed by atoms with Gasteiger partial charge in [-0.05, 0) is 26.9 Å². The SMILES string of the molecule is CCC(N)(CC)CN(C)C. The van der Waals surface area contributed by atoms with Crippen molar-refractivity contribution in [2.75, 3.05) is 20.6 Å². The maximum absolute atomic E-state index is 6.06. The Bertz CT molecular complexity index is 85.3. The highest BCUT2D eigenvalue weighted by Gasteiger charge is 2.20. The van der Waals surface area contributed by atoms with E-state index in [2.05, 4.69) is 32.8 Å². The van der Waals surface area contributed by atoms with E-state index in [0.717, 1.165) is 19.4 Å². The number of likely N-dealkylation sites (N-methyl/N-ethyl adjacent to an activating group) is 1. The van der Waals surface area contributed by atoms with E-state index in [9.17, 15) is 0 Å². The van der Waals surface area contributed by atoms with Crippen molar-refractivity contribution in [2.45, 2.75) is 32.2 Å². The van der Waals surface area contributed by atoms with Gasteiger partial charge in [-0.15, -0.1) is 0 Å². The molecule has 0 amide bonds. The third-order valence-electron chi connectivity index (χ3n) is 2.04. The molecule has 10 heavy (non-hydrogen) atoms. The van der Waals surface area contributed by atoms with Gasteiger partial charge in [0.25, 0.3) is 0 Å². The molecule has 0 bridgehead atoms. The van der Waals surface area contributed by atoms with Crippen molar-refractivity contribution in [2.24, 2.45) is 5.73 Å². The van der Waals surface area contributed by atoms with Crippen LogP contribution in [0.25, 0.3) is 0 Å². The van der Waals surface area contributed by atoms with Crippen LogP contribution >= 0.6 is 0 Å². The summed E-state index contributed by atoms with van der Waals surface area (Å²) in [4.78, 5) is 2.15. The predicted octanol–water partition coefficient (Wildman–Crippen LogP) is 1.07. The Balaban J connectivity index is 3.80. The summed E-state index contributed by atoms with van der Waals surface area (Å²) in [5.74, 6) is 0. The van der Waals surface area contributed by atoms with E-state index in [4.69, 9.17) is 5.73 Å². The average Bonchev–Trinajstić information content (AvgIpc) is 1.87. The van der Waals surface area contributed by atoms with E-state index < -0.39 is 0 Å². The molecule has 0 rings (SSSR count). The third kappa shape index (κ3) is 3.18. The molecule has 0 atom stereocenters. The molecule has 0 unspecified atom stereocenters. The summed E-state index contributed by atoms with van der Waals surface area (Å²) in [5, 5.41) is 0. The second-order valence-corrected chi connectivity index (χ2v) is 3.31. The van der Waals surface area contributed by atoms with Crippen molar-refractivity contribution in [3.05, 3.63) is 0 Å². The lowest BCUT2D eigenvalue weighted by molar-refractivity contribution is 0.268. The number of nitrogens with two attached hydrogens (primary N) is 1. The van der Waals surface area contributed by atoms with Gasteiger partial charge in [-0.3, -0.25) is 0 Å². The molecule has 0 spiro atoms. The fraction of sp³-hybridized carbons (Fsp3) is 1.00. The Morgan fingerprint density at radius 2 is 1.60 bits per heavy atom. The first-order chi connectivity index (χ1) is 4.54. The van der Waals surface area contributed by atoms with Crippen LogP contribution in [0.2, 0.25) is 0 Å². The van der Waals surface area contributed by atoms with Gasteiger partial charge >= 0.3 is 0 Å². The van der Waals surface area contributed by atoms with E-state index in [0.29, 0.717) is 0 Å². The maximum atomic E-state index is 6.06. The van der Waals surface area contributed by atoms with Crippen molar-refractivity contribution >= 4 is 0 Å². The monoisotopic (exact) mass is 144 g/mol. The van der Waals surface area contributed by atoms with E-state index in [1.807, 2.05) is 0 Å². The van der Waals surface area contributed by atoms with Crippen molar-refractivity contribution in [3.63, 3.8) is 0 Å². The summed E-state index contributed by atoms with van der Waals surface area (Å²) < 4.78 is 0. The lowest BCUT2D eigenvalue weighted by atomic mass is 9.94. The van der Waals surface area contributed by atoms with Crippen molar-refractivity contribution in [1.82, 2.24) is 4.90 Å². The Hall–Kier alpha value is -0.0800. The van der Waals surface area contributed by atoms with Crippen molar-refractivity contribution in [1.29, 1.82) is 0 Å². The summed E-state index contributed by atoms with van der Waals surface area (Å²) in [6.45, 7) is 5.28. The minimum atomic E-state index is 0.0313. The zero-order valence-corrected chi connectivity index (χ0v) is 7.65. The van der Waals surface area contributed by atoms with E-state index in [1.54, 1.807) is 0 Å². The van der Waals surface area contributed by atoms with Gasteiger partial charge in [0.2, 0.25) is 0 Å². The summed E-state index contributed by atoms with van der Waals surface area (Å²) in [7, 11) is 4.12. The summed E-state index contributed by atoms with van der Waals surface area (Å²) in [6, 6.07) is 0. The number of rotatable bonds is 4. The van der Waals surface area contributed by atoms with Crippen LogP contribution in [0.4, 0.5) is 0 Å². The minimum absolute atomic E-state index is 0.0313. The molecule has 0 saturated carbocycles. The maximum Gasteiger partial charge on any atom is 0.0277 e. The molecule has 0 fully saturated rings. The molecule has 0 saturated heterocycles. The smallest absolute Gasteiger partial charge is 0.0277 e. The van der Waals surface area contributed by atoms with Crippen LogP contribution in [0.3, 0.4) is 0 Å². The van der Waals surface area contributed by atoms with Crippen LogP contribution in [0.5, 0.6) is 0 Å². The number of hydrogen-bond acceptors (Lipinski definition) is 2. The van der Waals surface area contributed by atoms with E-state index >= 15 is 0 Å². The summed E-state index contributed by atoms with van der Waals surface area (Å²) in [5.41, 5.74) is 6.09. The Kier molecular flexibility index (Phi) is 3.91. The number of hydrogen-bond donors (Lipinski definition) is 1. The van der Waals surface area contributed by atoms with Crippen LogP contribution in [0.15, 0.2) is 0 Å². The van der Waals surface area contributed by atoms with Crippen molar-refractivity contribution < 1.29 is 0 Å². The predicted molar refractivity (Wildman–Crippen MR) is 46.1 cm³/mol. The Labute approximate surface area is 64.4 Å². The largest absolute Gasteiger partial charge is 0.324 e. The summed E-state index contributed by atoms with van der Waals surface area (Å²) >= 11 is 0. The molecule has 0 aromatic carbocycles. The van der Waals surface area contributed by atoms with Gasteiger partial charge in [-0.25, -0.2) is 0 Å². The topological polar surface area (TPSA) is 29.3 Å². The fourth-order valence-corrected chi connectivity index (χ4v) is 1.10. The normalized spacial score (nSPS) is 12.6. The van der Waals surface area contributed by atoms with Crippen LogP contribution in [0, 0.1) is 0 Å². The van der Waals surface area contributed by atoms with E-state index in [-0.39, 0.29) is 5.54 Å². The van der Waals surface area contributed by atoms with Crippen LogP contribution in [-0.4, -0.2) is 31.1 Å². The molecule has 62 valence electrons. The van der Waals surface area contributed by atoms with Crippen LogP contribution in [-0.2, 0) is 0 Å². The zero-order chi connectivity index (χ0) is 8.20. The van der Waals surface area contributed by atoms with Crippen LogP contribution in [0.1, 0.15) is 26.7 Å². The Morgan fingerprint density at radius 1 is 1.20 bits per heavy atom. The zero-order valence-electron chi connectivity index (χ0n) is 7.65. The first-order valence-electron chi connectivity index (χ1n) is 3.97. The minimum Gasteiger partial charge on any atom is -0.324 e. The number of nitrogens with zero attached hydrogens (tertiary/aromatic N) is 1. The standard InChI is InChI=1S/C8H20N2/c1-5-8(9,6-2)7-10(3)4/h5-7,9H2,1-4H3. The molecule has 0 radical (unpaired) electrons. The quantitative estimate of drug-likeness (QED) is 0.639. The molecule has 0 aromatic heterocycles. The van der Waals surface area contributed by atoms with Gasteiger partial charge in [0.05, 0.1) is 0 Å². The lowest BCUT2D eigenvalue weighted by Gasteiger charge is -2.29. The molecule has 0 aliphatic heterocycles. The molecule has 2 N–H and O–H groups in total. The average molecular weight is 144 g/mol. The molecule has 2 nitrogen and oxygen atoms in total. The van der Waals surface area contributed by atoms with Gasteiger partial charge in [0.15, 0.2) is 0 Å². The first kappa shape index (κ1) is 9.92. The molecule has 0 aliphatic carbocycles. The molecule has 0 aromatic rings.